The molecule has 1 heterocycles. The number of nitrogens with zero attached hydrogens (tertiary/aromatic N) is 2. The van der Waals surface area contributed by atoms with Crippen molar-refractivity contribution in [1.29, 1.82) is 0 Å². The van der Waals surface area contributed by atoms with Crippen molar-refractivity contribution in [3.05, 3.63) is 36.7 Å². The molecule has 0 atom stereocenters. The number of anilines is 1. The third-order valence-corrected chi connectivity index (χ3v) is 2.18. The summed E-state index contributed by atoms with van der Waals surface area (Å²) in [4.78, 5) is 8.32. The van der Waals surface area contributed by atoms with Gasteiger partial charge in [-0.05, 0) is 12.1 Å². The van der Waals surface area contributed by atoms with E-state index in [0.717, 1.165) is 11.3 Å². The second-order valence-corrected chi connectivity index (χ2v) is 3.13. The fourth-order valence-electron chi connectivity index (χ4n) is 1.43. The Balaban J connectivity index is 2.49. The molecular weight excluding hydrogens is 204 g/mol. The summed E-state index contributed by atoms with van der Waals surface area (Å²) in [6.45, 7) is 0. The standard InChI is InChI=1S/C11H12N4O/c1-16-9-4-2-3-8(7-9)10-11(15-12)14-6-5-13-10/h2-7H,12H2,1H3,(H,14,15). The molecule has 0 saturated carbocycles. The SMILES string of the molecule is COc1cccc(-c2nccnc2NN)c1. The number of nitrogen functional groups attached to an aromatic ring is 1. The lowest BCUT2D eigenvalue weighted by atomic mass is 10.1. The molecule has 0 bridgehead atoms. The molecule has 0 radical (unpaired) electrons. The Morgan fingerprint density at radius 1 is 1.25 bits per heavy atom. The van der Waals surface area contributed by atoms with Crippen molar-refractivity contribution < 1.29 is 4.74 Å². The van der Waals surface area contributed by atoms with Crippen LogP contribution in [0, 0.1) is 0 Å². The number of nitrogens with one attached hydrogen (secondary N) is 1. The molecule has 0 amide bonds. The second kappa shape index (κ2) is 4.59. The largest absolute Gasteiger partial charge is 0.497 e. The quantitative estimate of drug-likeness (QED) is 0.600. The van der Waals surface area contributed by atoms with Crippen LogP contribution in [0.1, 0.15) is 0 Å². The topological polar surface area (TPSA) is 73.1 Å². The predicted octanol–water partition coefficient (Wildman–Crippen LogP) is 1.44. The molecule has 0 fully saturated rings. The summed E-state index contributed by atoms with van der Waals surface area (Å²) in [5, 5.41) is 0. The second-order valence-electron chi connectivity index (χ2n) is 3.13. The number of hydrazine groups is 1. The first-order valence-corrected chi connectivity index (χ1v) is 4.77. The maximum absolute atomic E-state index is 5.37. The maximum atomic E-state index is 5.37. The lowest BCUT2D eigenvalue weighted by molar-refractivity contribution is 0.415. The maximum Gasteiger partial charge on any atom is 0.166 e. The fourth-order valence-corrected chi connectivity index (χ4v) is 1.43. The van der Waals surface area contributed by atoms with Gasteiger partial charge in [0.1, 0.15) is 11.4 Å². The van der Waals surface area contributed by atoms with Crippen LogP contribution in [-0.2, 0) is 0 Å². The van der Waals surface area contributed by atoms with Crippen LogP contribution < -0.4 is 16.0 Å². The van der Waals surface area contributed by atoms with Gasteiger partial charge in [-0.25, -0.2) is 10.8 Å². The molecule has 2 rings (SSSR count). The molecule has 3 N–H and O–H groups in total. The first-order chi connectivity index (χ1) is 7.85. The van der Waals surface area contributed by atoms with E-state index in [9.17, 15) is 0 Å². The molecule has 0 spiro atoms. The molecule has 5 heteroatoms. The highest BCUT2D eigenvalue weighted by Gasteiger charge is 2.06. The van der Waals surface area contributed by atoms with E-state index in [4.69, 9.17) is 10.6 Å². The number of hydrogen-bond donors (Lipinski definition) is 2. The Labute approximate surface area is 93.3 Å². The highest BCUT2D eigenvalue weighted by molar-refractivity contribution is 5.71. The molecule has 1 aromatic heterocycles. The van der Waals surface area contributed by atoms with Gasteiger partial charge in [0.25, 0.3) is 0 Å². The van der Waals surface area contributed by atoms with Gasteiger partial charge in [0.15, 0.2) is 5.82 Å². The summed E-state index contributed by atoms with van der Waals surface area (Å²) in [6.07, 6.45) is 3.20. The summed E-state index contributed by atoms with van der Waals surface area (Å²) >= 11 is 0. The van der Waals surface area contributed by atoms with E-state index in [2.05, 4.69) is 15.4 Å². The predicted molar refractivity (Wildman–Crippen MR) is 61.8 cm³/mol. The van der Waals surface area contributed by atoms with Gasteiger partial charge in [-0.2, -0.15) is 0 Å². The van der Waals surface area contributed by atoms with Crippen LogP contribution in [0.4, 0.5) is 5.82 Å². The third kappa shape index (κ3) is 1.94. The van der Waals surface area contributed by atoms with E-state index in [1.54, 1.807) is 19.5 Å². The number of benzene rings is 1. The summed E-state index contributed by atoms with van der Waals surface area (Å²) in [5.41, 5.74) is 4.12. The van der Waals surface area contributed by atoms with Crippen molar-refractivity contribution in [1.82, 2.24) is 9.97 Å². The summed E-state index contributed by atoms with van der Waals surface area (Å²) in [6, 6.07) is 7.57. The van der Waals surface area contributed by atoms with Crippen molar-refractivity contribution in [2.45, 2.75) is 0 Å². The molecule has 82 valence electrons. The first-order valence-electron chi connectivity index (χ1n) is 4.77. The van der Waals surface area contributed by atoms with Crippen LogP contribution in [0.25, 0.3) is 11.3 Å². The van der Waals surface area contributed by atoms with Gasteiger partial charge in [-0.15, -0.1) is 0 Å². The molecule has 0 aliphatic heterocycles. The Morgan fingerprint density at radius 3 is 2.81 bits per heavy atom. The van der Waals surface area contributed by atoms with Crippen molar-refractivity contribution in [2.24, 2.45) is 5.84 Å². The number of methoxy groups -OCH3 is 1. The van der Waals surface area contributed by atoms with Gasteiger partial charge >= 0.3 is 0 Å². The van der Waals surface area contributed by atoms with E-state index in [-0.39, 0.29) is 0 Å². The molecule has 0 aliphatic rings. The van der Waals surface area contributed by atoms with Crippen molar-refractivity contribution in [3.63, 3.8) is 0 Å². The summed E-state index contributed by atoms with van der Waals surface area (Å²) < 4.78 is 5.15. The molecule has 2 aromatic rings. The minimum absolute atomic E-state index is 0.538. The zero-order valence-electron chi connectivity index (χ0n) is 8.84. The normalized spacial score (nSPS) is 9.88. The van der Waals surface area contributed by atoms with E-state index in [0.29, 0.717) is 11.5 Å². The number of nitrogens with two attached hydrogens (primary N) is 1. The number of rotatable bonds is 3. The molecule has 16 heavy (non-hydrogen) atoms. The average Bonchev–Trinajstić information content (AvgIpc) is 2.38. The molecule has 0 saturated heterocycles. The lowest BCUT2D eigenvalue weighted by Gasteiger charge is -2.07. The van der Waals surface area contributed by atoms with E-state index in [1.807, 2.05) is 24.3 Å². The minimum Gasteiger partial charge on any atom is -0.497 e. The lowest BCUT2D eigenvalue weighted by Crippen LogP contribution is -2.10. The number of ether oxygens (including phenoxy) is 1. The van der Waals surface area contributed by atoms with Gasteiger partial charge in [-0.3, -0.25) is 4.98 Å². The van der Waals surface area contributed by atoms with Crippen LogP contribution in [0.3, 0.4) is 0 Å². The minimum atomic E-state index is 0.538. The zero-order valence-corrected chi connectivity index (χ0v) is 8.84. The van der Waals surface area contributed by atoms with Gasteiger partial charge < -0.3 is 10.2 Å². The van der Waals surface area contributed by atoms with Crippen LogP contribution >= 0.6 is 0 Å². The van der Waals surface area contributed by atoms with Gasteiger partial charge in [0.2, 0.25) is 0 Å². The van der Waals surface area contributed by atoms with Crippen molar-refractivity contribution in [2.75, 3.05) is 12.5 Å². The number of aromatic nitrogens is 2. The summed E-state index contributed by atoms with van der Waals surface area (Å²) in [5.74, 6) is 6.68. The van der Waals surface area contributed by atoms with Gasteiger partial charge in [0, 0.05) is 18.0 Å². The molecule has 0 unspecified atom stereocenters. The smallest absolute Gasteiger partial charge is 0.166 e. The van der Waals surface area contributed by atoms with Gasteiger partial charge in [-0.1, -0.05) is 12.1 Å². The third-order valence-electron chi connectivity index (χ3n) is 2.18. The average molecular weight is 216 g/mol. The van der Waals surface area contributed by atoms with Crippen LogP contribution in [0.15, 0.2) is 36.7 Å². The van der Waals surface area contributed by atoms with E-state index < -0.39 is 0 Å². The Kier molecular flexibility index (Phi) is 2.98. The monoisotopic (exact) mass is 216 g/mol. The molecular formula is C11H12N4O. The van der Waals surface area contributed by atoms with E-state index >= 15 is 0 Å². The number of hydrogen-bond acceptors (Lipinski definition) is 5. The molecule has 0 aliphatic carbocycles. The highest BCUT2D eigenvalue weighted by atomic mass is 16.5. The Bertz CT molecular complexity index is 487. The van der Waals surface area contributed by atoms with Crippen LogP contribution in [-0.4, -0.2) is 17.1 Å². The summed E-state index contributed by atoms with van der Waals surface area (Å²) in [7, 11) is 1.62. The molecule has 1 aromatic carbocycles. The van der Waals surface area contributed by atoms with Crippen LogP contribution in [0.2, 0.25) is 0 Å². The van der Waals surface area contributed by atoms with Gasteiger partial charge in [0.05, 0.1) is 7.11 Å². The Hall–Kier alpha value is -2.14. The first kappa shape index (κ1) is 10.4. The highest BCUT2D eigenvalue weighted by Crippen LogP contribution is 2.25. The Morgan fingerprint density at radius 2 is 2.06 bits per heavy atom. The van der Waals surface area contributed by atoms with E-state index in [1.165, 1.54) is 0 Å². The fraction of sp³-hybridized carbons (Fsp3) is 0.0909. The zero-order chi connectivity index (χ0) is 11.4. The molecule has 5 nitrogen and oxygen atoms in total. The van der Waals surface area contributed by atoms with Crippen molar-refractivity contribution in [3.8, 4) is 17.0 Å². The van der Waals surface area contributed by atoms with Crippen molar-refractivity contribution >= 4 is 5.82 Å². The van der Waals surface area contributed by atoms with Crippen LogP contribution in [0.5, 0.6) is 5.75 Å².